The molecule has 0 atom stereocenters. The maximum absolute atomic E-state index is 12.1. The number of aryl methyl sites for hydroxylation is 1. The van der Waals surface area contributed by atoms with Gasteiger partial charge in [-0.15, -0.1) is 0 Å². The van der Waals surface area contributed by atoms with Gasteiger partial charge in [0.05, 0.1) is 12.8 Å². The molecule has 0 aliphatic heterocycles. The highest BCUT2D eigenvalue weighted by molar-refractivity contribution is 5.94. The van der Waals surface area contributed by atoms with Crippen molar-refractivity contribution in [3.8, 4) is 0 Å². The van der Waals surface area contributed by atoms with E-state index in [9.17, 15) is 4.79 Å². The number of amides is 1. The number of carbonyl (C=O) groups excluding carboxylic acids is 1. The molecule has 0 bridgehead atoms. The average Bonchev–Trinajstić information content (AvgIpc) is 2.98. The second kappa shape index (κ2) is 6.72. The lowest BCUT2D eigenvalue weighted by molar-refractivity contribution is 0.0948. The van der Waals surface area contributed by atoms with E-state index in [0.717, 1.165) is 18.5 Å². The number of anilines is 1. The Bertz CT molecular complexity index is 567. The van der Waals surface area contributed by atoms with Crippen LogP contribution in [0.15, 0.2) is 34.9 Å². The maximum atomic E-state index is 12.1. The van der Waals surface area contributed by atoms with Crippen LogP contribution >= 0.6 is 0 Å². The number of hydrazine groups is 1. The molecule has 0 aromatic carbocycles. The van der Waals surface area contributed by atoms with E-state index in [1.54, 1.807) is 24.5 Å². The molecule has 0 unspecified atom stereocenters. The zero-order chi connectivity index (χ0) is 14.4. The Morgan fingerprint density at radius 1 is 1.45 bits per heavy atom. The molecule has 6 heteroatoms. The van der Waals surface area contributed by atoms with Gasteiger partial charge in [-0.25, -0.2) is 10.8 Å². The SMILES string of the molecule is CCCc1cc(C(=O)NCc2ccco2)cc(NN)n1. The minimum absolute atomic E-state index is 0.183. The summed E-state index contributed by atoms with van der Waals surface area (Å²) in [5.41, 5.74) is 3.85. The van der Waals surface area contributed by atoms with Crippen molar-refractivity contribution in [3.05, 3.63) is 47.5 Å². The summed E-state index contributed by atoms with van der Waals surface area (Å²) < 4.78 is 5.17. The van der Waals surface area contributed by atoms with E-state index in [0.29, 0.717) is 23.7 Å². The fourth-order valence-electron chi connectivity index (χ4n) is 1.86. The van der Waals surface area contributed by atoms with Gasteiger partial charge >= 0.3 is 0 Å². The van der Waals surface area contributed by atoms with Crippen molar-refractivity contribution >= 4 is 11.7 Å². The Morgan fingerprint density at radius 3 is 2.95 bits per heavy atom. The lowest BCUT2D eigenvalue weighted by Crippen LogP contribution is -2.23. The Kier molecular flexibility index (Phi) is 4.73. The van der Waals surface area contributed by atoms with Gasteiger partial charge < -0.3 is 15.2 Å². The van der Waals surface area contributed by atoms with Crippen LogP contribution in [0.1, 0.15) is 35.2 Å². The Hall–Kier alpha value is -2.34. The van der Waals surface area contributed by atoms with E-state index in [4.69, 9.17) is 10.3 Å². The van der Waals surface area contributed by atoms with Crippen LogP contribution in [0.2, 0.25) is 0 Å². The fraction of sp³-hybridized carbons (Fsp3) is 0.286. The molecule has 4 N–H and O–H groups in total. The van der Waals surface area contributed by atoms with Gasteiger partial charge in [-0.1, -0.05) is 13.3 Å². The van der Waals surface area contributed by atoms with Crippen LogP contribution in [-0.2, 0) is 13.0 Å². The second-order valence-electron chi connectivity index (χ2n) is 4.39. The number of nitrogens with one attached hydrogen (secondary N) is 2. The topological polar surface area (TPSA) is 93.2 Å². The molecule has 2 rings (SSSR count). The molecule has 0 saturated carbocycles. The van der Waals surface area contributed by atoms with Gasteiger partial charge in [0.1, 0.15) is 11.6 Å². The largest absolute Gasteiger partial charge is 0.467 e. The highest BCUT2D eigenvalue weighted by Gasteiger charge is 2.10. The van der Waals surface area contributed by atoms with Gasteiger partial charge in [0.2, 0.25) is 0 Å². The first-order valence-electron chi connectivity index (χ1n) is 6.51. The van der Waals surface area contributed by atoms with Crippen LogP contribution in [0, 0.1) is 0 Å². The van der Waals surface area contributed by atoms with Crippen molar-refractivity contribution in [2.45, 2.75) is 26.3 Å². The summed E-state index contributed by atoms with van der Waals surface area (Å²) in [5, 5.41) is 2.79. The van der Waals surface area contributed by atoms with Crippen molar-refractivity contribution in [2.75, 3.05) is 5.43 Å². The van der Waals surface area contributed by atoms with Crippen molar-refractivity contribution in [2.24, 2.45) is 5.84 Å². The fourth-order valence-corrected chi connectivity index (χ4v) is 1.86. The van der Waals surface area contributed by atoms with Crippen LogP contribution in [0.4, 0.5) is 5.82 Å². The highest BCUT2D eigenvalue weighted by atomic mass is 16.3. The zero-order valence-electron chi connectivity index (χ0n) is 11.3. The first kappa shape index (κ1) is 14.1. The molecule has 1 amide bonds. The van der Waals surface area contributed by atoms with E-state index < -0.39 is 0 Å². The molecular weight excluding hydrogens is 256 g/mol. The number of rotatable bonds is 6. The molecule has 6 nitrogen and oxygen atoms in total. The standard InChI is InChI=1S/C14H18N4O2/c1-2-4-11-7-10(8-13(17-11)18-15)14(19)16-9-12-5-3-6-20-12/h3,5-8H,2,4,9,15H2,1H3,(H,16,19)(H,17,18). The normalized spacial score (nSPS) is 10.3. The molecular formula is C14H18N4O2. The Balaban J connectivity index is 2.09. The molecule has 0 spiro atoms. The number of aromatic nitrogens is 1. The van der Waals surface area contributed by atoms with E-state index in [-0.39, 0.29) is 5.91 Å². The number of carbonyl (C=O) groups is 1. The lowest BCUT2D eigenvalue weighted by atomic mass is 10.1. The van der Waals surface area contributed by atoms with Crippen LogP contribution in [-0.4, -0.2) is 10.9 Å². The number of nitrogens with zero attached hydrogens (tertiary/aromatic N) is 1. The van der Waals surface area contributed by atoms with Gasteiger partial charge in [-0.2, -0.15) is 0 Å². The van der Waals surface area contributed by atoms with Crippen molar-refractivity contribution in [1.82, 2.24) is 10.3 Å². The number of hydrogen-bond donors (Lipinski definition) is 3. The first-order chi connectivity index (χ1) is 9.72. The van der Waals surface area contributed by atoms with Crippen LogP contribution in [0.5, 0.6) is 0 Å². The average molecular weight is 274 g/mol. The summed E-state index contributed by atoms with van der Waals surface area (Å²) in [6, 6.07) is 6.99. The van der Waals surface area contributed by atoms with E-state index in [2.05, 4.69) is 22.7 Å². The van der Waals surface area contributed by atoms with Crippen LogP contribution in [0.3, 0.4) is 0 Å². The molecule has 20 heavy (non-hydrogen) atoms. The van der Waals surface area contributed by atoms with Crippen LogP contribution in [0.25, 0.3) is 0 Å². The third-order valence-corrected chi connectivity index (χ3v) is 2.80. The van der Waals surface area contributed by atoms with E-state index >= 15 is 0 Å². The first-order valence-corrected chi connectivity index (χ1v) is 6.51. The van der Waals surface area contributed by atoms with Crippen molar-refractivity contribution in [1.29, 1.82) is 0 Å². The molecule has 2 aromatic rings. The third kappa shape index (κ3) is 3.58. The van der Waals surface area contributed by atoms with Crippen LogP contribution < -0.4 is 16.6 Å². The quantitative estimate of drug-likeness (QED) is 0.552. The molecule has 106 valence electrons. The number of pyridine rings is 1. The number of hydrogen-bond acceptors (Lipinski definition) is 5. The second-order valence-corrected chi connectivity index (χ2v) is 4.39. The summed E-state index contributed by atoms with van der Waals surface area (Å²) in [6.45, 7) is 2.41. The molecule has 0 radical (unpaired) electrons. The van der Waals surface area contributed by atoms with Gasteiger partial charge in [-0.05, 0) is 30.7 Å². The summed E-state index contributed by atoms with van der Waals surface area (Å²) in [5.74, 6) is 6.39. The molecule has 0 fully saturated rings. The number of nitrogens with two attached hydrogens (primary N) is 1. The van der Waals surface area contributed by atoms with Gasteiger partial charge in [-0.3, -0.25) is 4.79 Å². The minimum Gasteiger partial charge on any atom is -0.467 e. The number of nitrogen functional groups attached to an aromatic ring is 1. The van der Waals surface area contributed by atoms with E-state index in [1.807, 2.05) is 6.07 Å². The molecule has 0 aliphatic rings. The molecule has 0 saturated heterocycles. The Morgan fingerprint density at radius 2 is 2.30 bits per heavy atom. The summed E-state index contributed by atoms with van der Waals surface area (Å²) in [7, 11) is 0. The van der Waals surface area contributed by atoms with Gasteiger partial charge in [0, 0.05) is 11.3 Å². The summed E-state index contributed by atoms with van der Waals surface area (Å²) in [4.78, 5) is 16.4. The monoisotopic (exact) mass is 274 g/mol. The van der Waals surface area contributed by atoms with Crippen molar-refractivity contribution in [3.63, 3.8) is 0 Å². The maximum Gasteiger partial charge on any atom is 0.251 e. The lowest BCUT2D eigenvalue weighted by Gasteiger charge is -2.08. The van der Waals surface area contributed by atoms with Gasteiger partial charge in [0.25, 0.3) is 5.91 Å². The predicted molar refractivity (Wildman–Crippen MR) is 75.9 cm³/mol. The minimum atomic E-state index is -0.183. The predicted octanol–water partition coefficient (Wildman–Crippen LogP) is 1.84. The third-order valence-electron chi connectivity index (χ3n) is 2.80. The highest BCUT2D eigenvalue weighted by Crippen LogP contribution is 2.12. The Labute approximate surface area is 117 Å². The smallest absolute Gasteiger partial charge is 0.251 e. The van der Waals surface area contributed by atoms with E-state index in [1.165, 1.54) is 0 Å². The molecule has 0 aliphatic carbocycles. The molecule has 2 aromatic heterocycles. The zero-order valence-corrected chi connectivity index (χ0v) is 11.3. The van der Waals surface area contributed by atoms with Crippen molar-refractivity contribution < 1.29 is 9.21 Å². The van der Waals surface area contributed by atoms with Gasteiger partial charge in [0.15, 0.2) is 0 Å². The summed E-state index contributed by atoms with van der Waals surface area (Å²) in [6.07, 6.45) is 3.33. The molecule has 2 heterocycles. The number of furan rings is 1. The summed E-state index contributed by atoms with van der Waals surface area (Å²) >= 11 is 0.